The Morgan fingerprint density at radius 1 is 0.941 bits per heavy atom. The lowest BCUT2D eigenvalue weighted by atomic mass is 10.1. The van der Waals surface area contributed by atoms with Crippen molar-refractivity contribution in [2.45, 2.75) is 26.0 Å². The van der Waals surface area contributed by atoms with E-state index in [-0.39, 0.29) is 36.6 Å². The smallest absolute Gasteiger partial charge is 0.464 e. The first-order chi connectivity index (χ1) is 16.0. The van der Waals surface area contributed by atoms with E-state index in [1.165, 1.54) is 24.3 Å². The van der Waals surface area contributed by atoms with E-state index < -0.39 is 23.9 Å². The maximum Gasteiger partial charge on any atom is 0.573 e. The van der Waals surface area contributed by atoms with E-state index in [4.69, 9.17) is 4.74 Å². The summed E-state index contributed by atoms with van der Waals surface area (Å²) in [5, 5.41) is 10.4. The molecule has 0 saturated carbocycles. The summed E-state index contributed by atoms with van der Waals surface area (Å²) in [5.41, 5.74) is -0.204. The summed E-state index contributed by atoms with van der Waals surface area (Å²) in [4.78, 5) is 12.0. The van der Waals surface area contributed by atoms with Crippen LogP contribution in [0.25, 0.3) is 0 Å². The van der Waals surface area contributed by atoms with E-state index in [1.807, 2.05) is 0 Å². The summed E-state index contributed by atoms with van der Waals surface area (Å²) >= 11 is 0. The molecule has 3 aromatic rings. The zero-order valence-corrected chi connectivity index (χ0v) is 17.4. The number of nitrogens with one attached hydrogen (secondary N) is 1. The normalized spacial score (nSPS) is 12.1. The molecule has 0 saturated heterocycles. The first kappa shape index (κ1) is 24.7. The molecule has 0 unspecified atom stereocenters. The van der Waals surface area contributed by atoms with Crippen LogP contribution in [0.4, 0.5) is 43.9 Å². The van der Waals surface area contributed by atoms with Crippen molar-refractivity contribution in [3.8, 4) is 11.8 Å². The second-order valence-corrected chi connectivity index (χ2v) is 6.47. The van der Waals surface area contributed by atoms with E-state index in [0.29, 0.717) is 5.69 Å². The van der Waals surface area contributed by atoms with Crippen LogP contribution in [-0.4, -0.2) is 27.9 Å². The van der Waals surface area contributed by atoms with Gasteiger partial charge in [-0.3, -0.25) is 0 Å². The number of aromatic nitrogens is 3. The lowest BCUT2D eigenvalue weighted by Gasteiger charge is -2.10. The van der Waals surface area contributed by atoms with Gasteiger partial charge in [-0.1, -0.05) is 12.1 Å². The Bertz CT molecular complexity index is 1140. The van der Waals surface area contributed by atoms with Crippen LogP contribution in [-0.2, 0) is 12.7 Å². The van der Waals surface area contributed by atoms with Gasteiger partial charge in [0.05, 0.1) is 18.7 Å². The minimum Gasteiger partial charge on any atom is -0.464 e. The third-order valence-electron chi connectivity index (χ3n) is 3.89. The number of hydrogen-bond acceptors (Lipinski definition) is 8. The molecule has 0 aliphatic carbocycles. The van der Waals surface area contributed by atoms with Gasteiger partial charge in [-0.2, -0.15) is 33.2 Å². The Hall–Kier alpha value is -3.97. The highest BCUT2D eigenvalue weighted by atomic mass is 19.4. The van der Waals surface area contributed by atoms with Crippen molar-refractivity contribution in [3.63, 3.8) is 0 Å². The summed E-state index contributed by atoms with van der Waals surface area (Å²) in [6.45, 7) is 1.74. The number of benzene rings is 2. The van der Waals surface area contributed by atoms with Gasteiger partial charge in [-0.05, 0) is 48.9 Å². The number of nitrogens with zero attached hydrogens (tertiary/aromatic N) is 5. The van der Waals surface area contributed by atoms with Gasteiger partial charge in [-0.25, -0.2) is 0 Å². The lowest BCUT2D eigenvalue weighted by molar-refractivity contribution is -0.274. The maximum atomic E-state index is 12.8. The van der Waals surface area contributed by atoms with E-state index in [9.17, 15) is 26.3 Å². The van der Waals surface area contributed by atoms with Gasteiger partial charge in [0, 0.05) is 5.69 Å². The Morgan fingerprint density at radius 3 is 2.32 bits per heavy atom. The van der Waals surface area contributed by atoms with Gasteiger partial charge >= 0.3 is 18.5 Å². The monoisotopic (exact) mass is 486 g/mol. The third-order valence-corrected chi connectivity index (χ3v) is 3.89. The van der Waals surface area contributed by atoms with E-state index >= 15 is 0 Å². The predicted molar refractivity (Wildman–Crippen MR) is 107 cm³/mol. The van der Waals surface area contributed by atoms with Crippen molar-refractivity contribution in [2.24, 2.45) is 10.2 Å². The van der Waals surface area contributed by atoms with Crippen LogP contribution in [0.3, 0.4) is 0 Å². The minimum atomic E-state index is -4.82. The van der Waals surface area contributed by atoms with Crippen LogP contribution < -0.4 is 14.8 Å². The third kappa shape index (κ3) is 7.56. The highest BCUT2D eigenvalue weighted by Crippen LogP contribution is 2.30. The van der Waals surface area contributed by atoms with Crippen LogP contribution in [0.15, 0.2) is 58.8 Å². The summed E-state index contributed by atoms with van der Waals surface area (Å²) in [6.07, 6.45) is -9.30. The van der Waals surface area contributed by atoms with Crippen molar-refractivity contribution in [1.29, 1.82) is 0 Å². The van der Waals surface area contributed by atoms with Crippen LogP contribution in [0, 0.1) is 0 Å². The number of anilines is 2. The van der Waals surface area contributed by atoms with E-state index in [2.05, 4.69) is 35.2 Å². The molecular formula is C20H16F6N6O2. The molecule has 0 fully saturated rings. The molecule has 0 amide bonds. The minimum absolute atomic E-state index is 0.0454. The summed E-state index contributed by atoms with van der Waals surface area (Å²) in [5.74, 6) is -0.645. The van der Waals surface area contributed by atoms with Gasteiger partial charge in [0.25, 0.3) is 5.95 Å². The average Bonchev–Trinajstić information content (AvgIpc) is 2.74. The molecular weight excluding hydrogens is 470 g/mol. The maximum absolute atomic E-state index is 12.8. The standard InChI is InChI=1S/C20H16F6N6O2/c1-2-33-18-30-16(28-14-6-8-15(9-7-14)34-20(24,25)26)29-17(31-18)32-27-11-12-4-3-5-13(10-12)19(21,22)23/h3-10H,2,11H2,1H3,(H,28,29,30,31). The number of ether oxygens (including phenoxy) is 2. The molecule has 0 aliphatic heterocycles. The van der Waals surface area contributed by atoms with Gasteiger partial charge in [0.15, 0.2) is 0 Å². The SMILES string of the molecule is CCOc1nc(N=NCc2cccc(C(F)(F)F)c2)nc(Nc2ccc(OC(F)(F)F)cc2)n1. The Morgan fingerprint density at radius 2 is 1.68 bits per heavy atom. The quantitative estimate of drug-likeness (QED) is 0.300. The fraction of sp³-hybridized carbons (Fsp3) is 0.250. The van der Waals surface area contributed by atoms with Crippen LogP contribution >= 0.6 is 0 Å². The molecule has 8 nitrogen and oxygen atoms in total. The molecule has 0 aliphatic rings. The molecule has 14 heteroatoms. The number of halogens is 6. The van der Waals surface area contributed by atoms with Crippen molar-refractivity contribution < 1.29 is 35.8 Å². The largest absolute Gasteiger partial charge is 0.573 e. The zero-order chi connectivity index (χ0) is 24.8. The topological polar surface area (TPSA) is 93.9 Å². The predicted octanol–water partition coefficient (Wildman–Crippen LogP) is 6.22. The number of alkyl halides is 6. The second kappa shape index (κ2) is 10.3. The molecule has 0 radical (unpaired) electrons. The molecule has 34 heavy (non-hydrogen) atoms. The first-order valence-electron chi connectivity index (χ1n) is 9.57. The number of azo groups is 1. The van der Waals surface area contributed by atoms with Gasteiger partial charge in [-0.15, -0.1) is 18.3 Å². The van der Waals surface area contributed by atoms with E-state index in [1.54, 1.807) is 6.92 Å². The Balaban J connectivity index is 1.74. The van der Waals surface area contributed by atoms with Crippen molar-refractivity contribution in [3.05, 3.63) is 59.7 Å². The van der Waals surface area contributed by atoms with E-state index in [0.717, 1.165) is 24.3 Å². The lowest BCUT2D eigenvalue weighted by Crippen LogP contribution is -2.17. The highest BCUT2D eigenvalue weighted by molar-refractivity contribution is 5.55. The molecule has 1 N–H and O–H groups in total. The summed E-state index contributed by atoms with van der Waals surface area (Å²) in [7, 11) is 0. The summed E-state index contributed by atoms with van der Waals surface area (Å²) < 4.78 is 84.4. The van der Waals surface area contributed by atoms with Crippen LogP contribution in [0.5, 0.6) is 11.8 Å². The number of hydrogen-bond donors (Lipinski definition) is 1. The van der Waals surface area contributed by atoms with Gasteiger partial charge in [0.1, 0.15) is 5.75 Å². The fourth-order valence-electron chi connectivity index (χ4n) is 2.54. The molecule has 0 atom stereocenters. The number of rotatable bonds is 8. The molecule has 3 rings (SSSR count). The molecule has 2 aromatic carbocycles. The first-order valence-corrected chi connectivity index (χ1v) is 9.57. The second-order valence-electron chi connectivity index (χ2n) is 6.47. The Labute approximate surface area is 188 Å². The van der Waals surface area contributed by atoms with Crippen molar-refractivity contribution >= 4 is 17.6 Å². The average molecular weight is 486 g/mol. The summed E-state index contributed by atoms with van der Waals surface area (Å²) in [6, 6.07) is 9.32. The molecule has 0 spiro atoms. The zero-order valence-electron chi connectivity index (χ0n) is 17.4. The highest BCUT2D eigenvalue weighted by Gasteiger charge is 2.31. The van der Waals surface area contributed by atoms with Crippen LogP contribution in [0.1, 0.15) is 18.1 Å². The Kier molecular flexibility index (Phi) is 7.48. The van der Waals surface area contributed by atoms with Gasteiger partial charge in [0.2, 0.25) is 5.95 Å². The molecule has 180 valence electrons. The molecule has 0 bridgehead atoms. The van der Waals surface area contributed by atoms with Crippen molar-refractivity contribution in [1.82, 2.24) is 15.0 Å². The van der Waals surface area contributed by atoms with Crippen LogP contribution in [0.2, 0.25) is 0 Å². The molecule has 1 aromatic heterocycles. The van der Waals surface area contributed by atoms with Gasteiger partial charge < -0.3 is 14.8 Å². The fourth-order valence-corrected chi connectivity index (χ4v) is 2.54. The van der Waals surface area contributed by atoms with Crippen molar-refractivity contribution in [2.75, 3.05) is 11.9 Å². The molecule has 1 heterocycles.